The highest BCUT2D eigenvalue weighted by Crippen LogP contribution is 2.09. The van der Waals surface area contributed by atoms with Gasteiger partial charge in [-0.15, -0.1) is 0 Å². The lowest BCUT2D eigenvalue weighted by atomic mass is 10.2. The summed E-state index contributed by atoms with van der Waals surface area (Å²) in [5.74, 6) is 0. The molecule has 0 saturated heterocycles. The molecular weight excluding hydrogens is 206 g/mol. The minimum absolute atomic E-state index is 0.395. The first-order chi connectivity index (χ1) is 7.76. The Hall–Kier alpha value is -1.84. The maximum atomic E-state index is 11.3. The van der Waals surface area contributed by atoms with Gasteiger partial charge in [-0.25, -0.2) is 4.79 Å². The first-order valence-electron chi connectivity index (χ1n) is 5.18. The van der Waals surface area contributed by atoms with Gasteiger partial charge < -0.3 is 4.74 Å². The van der Waals surface area contributed by atoms with Gasteiger partial charge in [-0.05, 0) is 18.6 Å². The Kier molecular flexibility index (Phi) is 5.05. The molecule has 1 radical (unpaired) electrons. The molecule has 1 N–H and O–H groups in total. The third-order valence-corrected chi connectivity index (χ3v) is 1.96. The molecule has 4 heteroatoms. The number of nitrogens with one attached hydrogen (secondary N) is 1. The standard InChI is InChI=1S/C12H14NO3/c1-2-3-7-16-12(15)13-11-6-4-5-10(8-11)9-14/h4-6,8H,2-3,7H2,1H3,(H,13,15). The second-order valence-corrected chi connectivity index (χ2v) is 3.30. The van der Waals surface area contributed by atoms with Crippen LogP contribution in [0.2, 0.25) is 0 Å². The van der Waals surface area contributed by atoms with Crippen LogP contribution in [0.5, 0.6) is 0 Å². The fourth-order valence-corrected chi connectivity index (χ4v) is 1.12. The summed E-state index contributed by atoms with van der Waals surface area (Å²) in [6.07, 6.45) is 3.07. The van der Waals surface area contributed by atoms with E-state index >= 15 is 0 Å². The van der Waals surface area contributed by atoms with Gasteiger partial charge in [0, 0.05) is 11.3 Å². The predicted octanol–water partition coefficient (Wildman–Crippen LogP) is 2.49. The molecule has 4 nitrogen and oxygen atoms in total. The summed E-state index contributed by atoms with van der Waals surface area (Å²) in [6, 6.07) is 6.50. The van der Waals surface area contributed by atoms with Gasteiger partial charge in [-0.1, -0.05) is 25.5 Å². The van der Waals surface area contributed by atoms with Crippen molar-refractivity contribution in [3.8, 4) is 0 Å². The monoisotopic (exact) mass is 220 g/mol. The molecule has 0 fully saturated rings. The van der Waals surface area contributed by atoms with Crippen LogP contribution in [0.1, 0.15) is 25.3 Å². The molecule has 0 saturated carbocycles. The maximum Gasteiger partial charge on any atom is 0.411 e. The molecule has 0 aromatic heterocycles. The topological polar surface area (TPSA) is 55.4 Å². The van der Waals surface area contributed by atoms with E-state index in [-0.39, 0.29) is 0 Å². The van der Waals surface area contributed by atoms with Crippen LogP contribution < -0.4 is 5.32 Å². The molecule has 0 atom stereocenters. The normalized spacial score (nSPS) is 9.56. The van der Waals surface area contributed by atoms with E-state index < -0.39 is 6.09 Å². The number of amides is 1. The summed E-state index contributed by atoms with van der Waals surface area (Å²) in [5.41, 5.74) is 0.925. The lowest BCUT2D eigenvalue weighted by Gasteiger charge is -2.06. The molecule has 0 aliphatic carbocycles. The minimum atomic E-state index is -0.503. The van der Waals surface area contributed by atoms with E-state index in [4.69, 9.17) is 4.74 Å². The smallest absolute Gasteiger partial charge is 0.411 e. The number of rotatable bonds is 5. The number of carbonyl (C=O) groups is 1. The van der Waals surface area contributed by atoms with Crippen LogP contribution in [-0.4, -0.2) is 19.0 Å². The highest BCUT2D eigenvalue weighted by Gasteiger charge is 2.02. The molecule has 0 bridgehead atoms. The second-order valence-electron chi connectivity index (χ2n) is 3.30. The van der Waals surface area contributed by atoms with Gasteiger partial charge in [0.25, 0.3) is 0 Å². The van der Waals surface area contributed by atoms with E-state index in [1.807, 2.05) is 6.92 Å². The Morgan fingerprint density at radius 3 is 3.00 bits per heavy atom. The zero-order valence-electron chi connectivity index (χ0n) is 9.16. The van der Waals surface area contributed by atoms with Crippen molar-refractivity contribution < 1.29 is 14.3 Å². The molecule has 0 heterocycles. The zero-order chi connectivity index (χ0) is 11.8. The van der Waals surface area contributed by atoms with Crippen LogP contribution in [-0.2, 0) is 9.53 Å². The average molecular weight is 220 g/mol. The summed E-state index contributed by atoms with van der Waals surface area (Å²) in [6.45, 7) is 2.42. The molecule has 0 spiro atoms. The van der Waals surface area contributed by atoms with Gasteiger partial charge in [0.15, 0.2) is 0 Å². The van der Waals surface area contributed by atoms with Crippen molar-refractivity contribution in [2.24, 2.45) is 0 Å². The van der Waals surface area contributed by atoms with Crippen molar-refractivity contribution in [2.45, 2.75) is 19.8 Å². The third-order valence-electron chi connectivity index (χ3n) is 1.96. The van der Waals surface area contributed by atoms with Crippen LogP contribution in [0.3, 0.4) is 0 Å². The Morgan fingerprint density at radius 2 is 2.31 bits per heavy atom. The van der Waals surface area contributed by atoms with Crippen LogP contribution in [0.25, 0.3) is 0 Å². The average Bonchev–Trinajstić information content (AvgIpc) is 2.29. The highest BCUT2D eigenvalue weighted by atomic mass is 16.5. The zero-order valence-corrected chi connectivity index (χ0v) is 9.16. The number of ether oxygens (including phenoxy) is 1. The molecule has 0 unspecified atom stereocenters. The summed E-state index contributed by atoms with van der Waals surface area (Å²) in [7, 11) is 0. The van der Waals surface area contributed by atoms with Crippen molar-refractivity contribution in [3.63, 3.8) is 0 Å². The Balaban J connectivity index is 2.46. The fraction of sp³-hybridized carbons (Fsp3) is 0.333. The molecule has 0 aliphatic heterocycles. The van der Waals surface area contributed by atoms with Gasteiger partial charge in [-0.3, -0.25) is 10.1 Å². The Morgan fingerprint density at radius 1 is 1.50 bits per heavy atom. The molecule has 0 aliphatic rings. The minimum Gasteiger partial charge on any atom is -0.449 e. The second kappa shape index (κ2) is 6.61. The summed E-state index contributed by atoms with van der Waals surface area (Å²) in [4.78, 5) is 21.6. The largest absolute Gasteiger partial charge is 0.449 e. The van der Waals surface area contributed by atoms with Crippen molar-refractivity contribution in [3.05, 3.63) is 29.8 Å². The molecule has 1 aromatic rings. The van der Waals surface area contributed by atoms with Crippen LogP contribution in [0.4, 0.5) is 10.5 Å². The van der Waals surface area contributed by atoms with E-state index in [1.165, 1.54) is 6.07 Å². The first-order valence-corrected chi connectivity index (χ1v) is 5.18. The van der Waals surface area contributed by atoms with E-state index in [1.54, 1.807) is 24.5 Å². The molecule has 1 aromatic carbocycles. The molecule has 1 rings (SSSR count). The van der Waals surface area contributed by atoms with Crippen LogP contribution in [0.15, 0.2) is 24.3 Å². The SMILES string of the molecule is CCCCOC(=O)Nc1cccc([C]=O)c1. The first kappa shape index (κ1) is 12.2. The molecular formula is C12H14NO3. The van der Waals surface area contributed by atoms with Gasteiger partial charge >= 0.3 is 6.09 Å². The Labute approximate surface area is 94.6 Å². The lowest BCUT2D eigenvalue weighted by molar-refractivity contribution is 0.160. The fourth-order valence-electron chi connectivity index (χ4n) is 1.12. The van der Waals surface area contributed by atoms with E-state index in [0.29, 0.717) is 17.9 Å². The number of unbranched alkanes of at least 4 members (excludes halogenated alkanes) is 1. The van der Waals surface area contributed by atoms with E-state index in [9.17, 15) is 9.59 Å². The van der Waals surface area contributed by atoms with Crippen molar-refractivity contribution >= 4 is 18.1 Å². The van der Waals surface area contributed by atoms with E-state index in [2.05, 4.69) is 5.32 Å². The number of hydrogen-bond acceptors (Lipinski definition) is 3. The summed E-state index contributed by atoms with van der Waals surface area (Å²) < 4.78 is 4.91. The van der Waals surface area contributed by atoms with Gasteiger partial charge in [0.1, 0.15) is 0 Å². The van der Waals surface area contributed by atoms with E-state index in [0.717, 1.165) is 12.8 Å². The molecule has 16 heavy (non-hydrogen) atoms. The van der Waals surface area contributed by atoms with Gasteiger partial charge in [0.05, 0.1) is 6.61 Å². The summed E-state index contributed by atoms with van der Waals surface area (Å²) >= 11 is 0. The lowest BCUT2D eigenvalue weighted by Crippen LogP contribution is -2.14. The maximum absolute atomic E-state index is 11.3. The van der Waals surface area contributed by atoms with Crippen LogP contribution in [0, 0.1) is 0 Å². The number of benzene rings is 1. The van der Waals surface area contributed by atoms with Gasteiger partial charge in [-0.2, -0.15) is 0 Å². The third kappa shape index (κ3) is 4.13. The van der Waals surface area contributed by atoms with Crippen molar-refractivity contribution in [2.75, 3.05) is 11.9 Å². The summed E-state index contributed by atoms with van der Waals surface area (Å²) in [5, 5.41) is 2.54. The quantitative estimate of drug-likeness (QED) is 0.775. The Bertz CT molecular complexity index is 363. The number of carbonyl (C=O) groups excluding carboxylic acids is 2. The molecule has 1 amide bonds. The van der Waals surface area contributed by atoms with Crippen molar-refractivity contribution in [1.29, 1.82) is 0 Å². The van der Waals surface area contributed by atoms with Gasteiger partial charge in [0.2, 0.25) is 6.29 Å². The number of hydrogen-bond donors (Lipinski definition) is 1. The molecule has 85 valence electrons. The highest BCUT2D eigenvalue weighted by molar-refractivity contribution is 5.86. The van der Waals surface area contributed by atoms with Crippen LogP contribution >= 0.6 is 0 Å². The van der Waals surface area contributed by atoms with Crippen molar-refractivity contribution in [1.82, 2.24) is 0 Å². The predicted molar refractivity (Wildman–Crippen MR) is 61.1 cm³/mol. The number of anilines is 1.